The van der Waals surface area contributed by atoms with Crippen molar-refractivity contribution in [2.75, 3.05) is 0 Å². The van der Waals surface area contributed by atoms with Crippen molar-refractivity contribution in [2.45, 2.75) is 32.4 Å². The van der Waals surface area contributed by atoms with Gasteiger partial charge in [0, 0.05) is 21.8 Å². The molecule has 0 fully saturated rings. The highest BCUT2D eigenvalue weighted by atomic mass is 32.1. The third-order valence-electron chi connectivity index (χ3n) is 2.72. The second-order valence-corrected chi connectivity index (χ2v) is 5.84. The predicted molar refractivity (Wildman–Crippen MR) is 73.2 cm³/mol. The van der Waals surface area contributed by atoms with E-state index in [2.05, 4.69) is 54.2 Å². The Morgan fingerprint density at radius 3 is 2.25 bits per heavy atom. The van der Waals surface area contributed by atoms with E-state index in [9.17, 15) is 0 Å². The van der Waals surface area contributed by atoms with Gasteiger partial charge in [-0.1, -0.05) is 19.1 Å². The zero-order chi connectivity index (χ0) is 11.4. The van der Waals surface area contributed by atoms with Crippen LogP contribution >= 0.6 is 22.7 Å². The first-order valence-corrected chi connectivity index (χ1v) is 7.40. The number of thiophene rings is 2. The summed E-state index contributed by atoms with van der Waals surface area (Å²) >= 11 is 3.66. The fourth-order valence-electron chi connectivity index (χ4n) is 1.81. The van der Waals surface area contributed by atoms with Crippen LogP contribution < -0.4 is 5.32 Å². The van der Waals surface area contributed by atoms with Gasteiger partial charge >= 0.3 is 0 Å². The normalized spacial score (nSPS) is 14.9. The molecule has 0 amide bonds. The molecule has 86 valence electrons. The third kappa shape index (κ3) is 2.73. The van der Waals surface area contributed by atoms with E-state index in [1.165, 1.54) is 9.75 Å². The lowest BCUT2D eigenvalue weighted by Gasteiger charge is -2.20. The Hall–Kier alpha value is -0.640. The summed E-state index contributed by atoms with van der Waals surface area (Å²) in [5, 5.41) is 7.98. The minimum Gasteiger partial charge on any atom is -0.302 e. The average Bonchev–Trinajstić information content (AvgIpc) is 2.96. The van der Waals surface area contributed by atoms with Crippen molar-refractivity contribution in [1.29, 1.82) is 0 Å². The number of hydrogen-bond donors (Lipinski definition) is 1. The molecule has 2 aromatic rings. The minimum absolute atomic E-state index is 0.437. The van der Waals surface area contributed by atoms with E-state index in [0.29, 0.717) is 12.1 Å². The second-order valence-electron chi connectivity index (χ2n) is 3.88. The molecule has 0 aliphatic carbocycles. The molecule has 2 atom stereocenters. The van der Waals surface area contributed by atoms with Crippen LogP contribution in [0.3, 0.4) is 0 Å². The molecule has 3 heteroatoms. The third-order valence-corrected chi connectivity index (χ3v) is 4.76. The number of nitrogens with one attached hydrogen (secondary N) is 1. The molecular weight excluding hydrogens is 234 g/mol. The van der Waals surface area contributed by atoms with E-state index in [1.54, 1.807) is 0 Å². The Bertz CT molecular complexity index is 392. The van der Waals surface area contributed by atoms with Gasteiger partial charge < -0.3 is 5.32 Å². The van der Waals surface area contributed by atoms with Gasteiger partial charge in [0.05, 0.1) is 0 Å². The smallest absolute Gasteiger partial charge is 0.0417 e. The van der Waals surface area contributed by atoms with Crippen molar-refractivity contribution in [1.82, 2.24) is 5.32 Å². The molecule has 1 unspecified atom stereocenters. The topological polar surface area (TPSA) is 12.0 Å². The van der Waals surface area contributed by atoms with Crippen LogP contribution in [0.1, 0.15) is 42.1 Å². The van der Waals surface area contributed by atoms with E-state index in [0.717, 1.165) is 6.42 Å². The Labute approximate surface area is 105 Å². The predicted octanol–water partition coefficient (Wildman–Crippen LogP) is 4.61. The molecule has 0 saturated heterocycles. The quantitative estimate of drug-likeness (QED) is 0.818. The molecule has 2 aromatic heterocycles. The van der Waals surface area contributed by atoms with Gasteiger partial charge in [-0.15, -0.1) is 22.7 Å². The van der Waals surface area contributed by atoms with Crippen molar-refractivity contribution in [3.05, 3.63) is 44.8 Å². The van der Waals surface area contributed by atoms with Crippen molar-refractivity contribution >= 4 is 22.7 Å². The lowest BCUT2D eigenvalue weighted by molar-refractivity contribution is 0.466. The molecule has 0 aliphatic rings. The van der Waals surface area contributed by atoms with Gasteiger partial charge in [-0.05, 0) is 36.2 Å². The van der Waals surface area contributed by atoms with Gasteiger partial charge in [0.1, 0.15) is 0 Å². The van der Waals surface area contributed by atoms with E-state index in [-0.39, 0.29) is 0 Å². The van der Waals surface area contributed by atoms with Crippen molar-refractivity contribution in [3.63, 3.8) is 0 Å². The van der Waals surface area contributed by atoms with Crippen LogP contribution in [0.2, 0.25) is 0 Å². The Morgan fingerprint density at radius 2 is 1.75 bits per heavy atom. The Morgan fingerprint density at radius 1 is 1.12 bits per heavy atom. The molecule has 0 bridgehead atoms. The summed E-state index contributed by atoms with van der Waals surface area (Å²) < 4.78 is 0. The first-order chi connectivity index (χ1) is 7.81. The van der Waals surface area contributed by atoms with Crippen molar-refractivity contribution in [3.8, 4) is 0 Å². The highest BCUT2D eigenvalue weighted by Crippen LogP contribution is 2.26. The Balaban J connectivity index is 2.02. The van der Waals surface area contributed by atoms with Gasteiger partial charge in [-0.2, -0.15) is 0 Å². The van der Waals surface area contributed by atoms with Gasteiger partial charge in [0.15, 0.2) is 0 Å². The molecule has 0 radical (unpaired) electrons. The number of rotatable bonds is 5. The fourth-order valence-corrected chi connectivity index (χ4v) is 3.43. The summed E-state index contributed by atoms with van der Waals surface area (Å²) in [6.07, 6.45) is 1.14. The van der Waals surface area contributed by atoms with E-state index in [4.69, 9.17) is 0 Å². The van der Waals surface area contributed by atoms with Gasteiger partial charge in [0.2, 0.25) is 0 Å². The maximum absolute atomic E-state index is 3.69. The van der Waals surface area contributed by atoms with Crippen LogP contribution in [-0.2, 0) is 0 Å². The summed E-state index contributed by atoms with van der Waals surface area (Å²) in [5.74, 6) is 0. The van der Waals surface area contributed by atoms with Crippen LogP contribution in [0.25, 0.3) is 0 Å². The summed E-state index contributed by atoms with van der Waals surface area (Å²) in [7, 11) is 0. The molecule has 0 aromatic carbocycles. The molecule has 1 nitrogen and oxygen atoms in total. The second kappa shape index (κ2) is 5.62. The molecular formula is C13H17NS2. The maximum atomic E-state index is 3.69. The summed E-state index contributed by atoms with van der Waals surface area (Å²) in [4.78, 5) is 2.85. The first kappa shape index (κ1) is 11.8. The van der Waals surface area contributed by atoms with Gasteiger partial charge in [-0.3, -0.25) is 0 Å². The first-order valence-electron chi connectivity index (χ1n) is 5.64. The molecule has 2 rings (SSSR count). The van der Waals surface area contributed by atoms with Gasteiger partial charge in [-0.25, -0.2) is 0 Å². The summed E-state index contributed by atoms with van der Waals surface area (Å²) in [6, 6.07) is 9.57. The fraction of sp³-hybridized carbons (Fsp3) is 0.385. The van der Waals surface area contributed by atoms with Crippen LogP contribution in [0.5, 0.6) is 0 Å². The van der Waals surface area contributed by atoms with Crippen molar-refractivity contribution in [2.24, 2.45) is 0 Å². The average molecular weight is 251 g/mol. The zero-order valence-electron chi connectivity index (χ0n) is 9.64. The summed E-state index contributed by atoms with van der Waals surface area (Å²) in [5.41, 5.74) is 0. The van der Waals surface area contributed by atoms with Crippen LogP contribution in [0, 0.1) is 0 Å². The number of hydrogen-bond acceptors (Lipinski definition) is 3. The van der Waals surface area contributed by atoms with E-state index >= 15 is 0 Å². The zero-order valence-corrected chi connectivity index (χ0v) is 11.3. The van der Waals surface area contributed by atoms with Crippen LogP contribution in [-0.4, -0.2) is 0 Å². The molecule has 0 spiro atoms. The van der Waals surface area contributed by atoms with E-state index < -0.39 is 0 Å². The molecule has 16 heavy (non-hydrogen) atoms. The highest BCUT2D eigenvalue weighted by Gasteiger charge is 2.14. The molecule has 0 saturated carbocycles. The van der Waals surface area contributed by atoms with Crippen molar-refractivity contribution < 1.29 is 0 Å². The standard InChI is InChI=1S/C13H17NS2/c1-3-11(13-7-5-9-16-13)14-10(2)12-6-4-8-15-12/h4-11,14H,3H2,1-2H3/t10-,11?/m0/s1. The molecule has 1 N–H and O–H groups in total. The minimum atomic E-state index is 0.437. The molecule has 2 heterocycles. The lowest BCUT2D eigenvalue weighted by atomic mass is 10.1. The SMILES string of the molecule is CCC(N[C@@H](C)c1cccs1)c1cccs1. The van der Waals surface area contributed by atoms with Gasteiger partial charge in [0.25, 0.3) is 0 Å². The van der Waals surface area contributed by atoms with Crippen LogP contribution in [0.15, 0.2) is 35.0 Å². The van der Waals surface area contributed by atoms with Crippen LogP contribution in [0.4, 0.5) is 0 Å². The Kier molecular flexibility index (Phi) is 4.16. The molecule has 0 aliphatic heterocycles. The van der Waals surface area contributed by atoms with E-state index in [1.807, 2.05) is 22.7 Å². The summed E-state index contributed by atoms with van der Waals surface area (Å²) in [6.45, 7) is 4.47. The monoisotopic (exact) mass is 251 g/mol. The highest BCUT2D eigenvalue weighted by molar-refractivity contribution is 7.10. The lowest BCUT2D eigenvalue weighted by Crippen LogP contribution is -2.22. The maximum Gasteiger partial charge on any atom is 0.0417 e. The largest absolute Gasteiger partial charge is 0.302 e.